The van der Waals surface area contributed by atoms with Crippen LogP contribution in [0.5, 0.6) is 0 Å². The first kappa shape index (κ1) is 19.2. The molecule has 2 amide bonds. The lowest BCUT2D eigenvalue weighted by molar-refractivity contribution is -0.120. The second-order valence-corrected chi connectivity index (χ2v) is 6.77. The number of amides is 2. The van der Waals surface area contributed by atoms with Gasteiger partial charge in [0.25, 0.3) is 5.91 Å². The van der Waals surface area contributed by atoms with Gasteiger partial charge < -0.3 is 20.5 Å². The molecule has 0 bridgehead atoms. The number of aliphatic hydroxyl groups is 1. The largest absolute Gasteiger partial charge is 0.394 e. The molecule has 0 saturated carbocycles. The number of nitrogens with one attached hydrogen (secondary N) is 2. The van der Waals surface area contributed by atoms with E-state index in [1.165, 1.54) is 29.5 Å². The molecular formula is C18H18FN3O4S. The van der Waals surface area contributed by atoms with Crippen molar-refractivity contribution in [3.63, 3.8) is 0 Å². The van der Waals surface area contributed by atoms with Crippen molar-refractivity contribution < 1.29 is 23.8 Å². The number of hydrogen-bond acceptors (Lipinski definition) is 6. The summed E-state index contributed by atoms with van der Waals surface area (Å²) < 4.78 is 19.0. The summed E-state index contributed by atoms with van der Waals surface area (Å²) in [5, 5.41) is 17.2. The fourth-order valence-corrected chi connectivity index (χ4v) is 3.18. The number of rotatable bonds is 6. The van der Waals surface area contributed by atoms with Crippen LogP contribution >= 0.6 is 11.3 Å². The van der Waals surface area contributed by atoms with Crippen molar-refractivity contribution in [2.45, 2.75) is 24.7 Å². The average Bonchev–Trinajstić information content (AvgIpc) is 3.15. The Morgan fingerprint density at radius 1 is 1.33 bits per heavy atom. The van der Waals surface area contributed by atoms with Gasteiger partial charge in [-0.05, 0) is 18.2 Å². The van der Waals surface area contributed by atoms with E-state index in [2.05, 4.69) is 15.6 Å². The maximum atomic E-state index is 13.3. The lowest BCUT2D eigenvalue weighted by Gasteiger charge is -2.31. The molecule has 1 aromatic heterocycles. The van der Waals surface area contributed by atoms with Crippen molar-refractivity contribution in [1.82, 2.24) is 10.3 Å². The Kier molecular flexibility index (Phi) is 6.28. The molecule has 3 N–H and O–H groups in total. The molecule has 0 radical (unpaired) electrons. The minimum absolute atomic E-state index is 0.0527. The molecule has 0 unspecified atom stereocenters. The fraction of sp³-hybridized carbons (Fsp3) is 0.278. The molecule has 7 nitrogen and oxygen atoms in total. The summed E-state index contributed by atoms with van der Waals surface area (Å²) in [7, 11) is 0. The molecule has 0 spiro atoms. The molecule has 1 aliphatic rings. The van der Waals surface area contributed by atoms with E-state index in [0.717, 1.165) is 6.07 Å². The highest BCUT2D eigenvalue weighted by Gasteiger charge is 2.29. The highest BCUT2D eigenvalue weighted by atomic mass is 32.1. The second kappa shape index (κ2) is 8.85. The number of aromatic nitrogens is 1. The van der Waals surface area contributed by atoms with E-state index in [4.69, 9.17) is 4.74 Å². The van der Waals surface area contributed by atoms with Gasteiger partial charge in [-0.15, -0.1) is 11.3 Å². The number of benzene rings is 1. The molecule has 2 aromatic rings. The van der Waals surface area contributed by atoms with Gasteiger partial charge in [0.2, 0.25) is 5.91 Å². The van der Waals surface area contributed by atoms with Gasteiger partial charge in [0.1, 0.15) is 11.9 Å². The van der Waals surface area contributed by atoms with Crippen LogP contribution in [-0.2, 0) is 9.53 Å². The second-order valence-electron chi connectivity index (χ2n) is 5.88. The summed E-state index contributed by atoms with van der Waals surface area (Å²) in [6.45, 7) is -0.344. The van der Waals surface area contributed by atoms with Crippen LogP contribution in [0.2, 0.25) is 0 Å². The normalized spacial score (nSPS) is 21.6. The van der Waals surface area contributed by atoms with Crippen molar-refractivity contribution in [2.75, 3.05) is 11.9 Å². The van der Waals surface area contributed by atoms with Crippen LogP contribution in [0, 0.1) is 5.82 Å². The van der Waals surface area contributed by atoms with Gasteiger partial charge in [0, 0.05) is 17.1 Å². The van der Waals surface area contributed by atoms with E-state index in [-0.39, 0.29) is 24.5 Å². The molecule has 0 fully saturated rings. The first-order valence-electron chi connectivity index (χ1n) is 8.25. The SMILES string of the molecule is O=C(C[C@@H]1C=C[C@@H](NC(=O)c2cccc(F)c2)[C@H](CO)O1)Nc1nccs1. The van der Waals surface area contributed by atoms with Crippen LogP contribution in [0.4, 0.5) is 9.52 Å². The zero-order valence-electron chi connectivity index (χ0n) is 14.2. The predicted octanol–water partition coefficient (Wildman–Crippen LogP) is 1.73. The predicted molar refractivity (Wildman–Crippen MR) is 97.9 cm³/mol. The van der Waals surface area contributed by atoms with E-state index in [9.17, 15) is 19.1 Å². The van der Waals surface area contributed by atoms with Crippen molar-refractivity contribution in [2.24, 2.45) is 0 Å². The highest BCUT2D eigenvalue weighted by molar-refractivity contribution is 7.13. The Morgan fingerprint density at radius 2 is 2.19 bits per heavy atom. The molecule has 0 aliphatic carbocycles. The van der Waals surface area contributed by atoms with Gasteiger partial charge in [-0.3, -0.25) is 9.59 Å². The molecule has 1 aromatic carbocycles. The lowest BCUT2D eigenvalue weighted by atomic mass is 10.0. The monoisotopic (exact) mass is 391 g/mol. The molecule has 1 aliphatic heterocycles. The fourth-order valence-electron chi connectivity index (χ4n) is 2.64. The molecule has 27 heavy (non-hydrogen) atoms. The molecule has 2 heterocycles. The van der Waals surface area contributed by atoms with Crippen LogP contribution in [0.25, 0.3) is 0 Å². The number of nitrogens with zero attached hydrogens (tertiary/aromatic N) is 1. The third-order valence-electron chi connectivity index (χ3n) is 3.91. The summed E-state index contributed by atoms with van der Waals surface area (Å²) in [6.07, 6.45) is 3.71. The van der Waals surface area contributed by atoms with Crippen molar-refractivity contribution in [3.05, 3.63) is 59.4 Å². The minimum Gasteiger partial charge on any atom is -0.394 e. The Bertz CT molecular complexity index is 828. The number of hydrogen-bond donors (Lipinski definition) is 3. The topological polar surface area (TPSA) is 101 Å². The summed E-state index contributed by atoms with van der Waals surface area (Å²) >= 11 is 1.31. The molecule has 3 rings (SSSR count). The Balaban J connectivity index is 1.59. The van der Waals surface area contributed by atoms with Gasteiger partial charge in [-0.25, -0.2) is 9.37 Å². The number of ether oxygens (including phenoxy) is 1. The van der Waals surface area contributed by atoms with Gasteiger partial charge in [-0.1, -0.05) is 18.2 Å². The first-order valence-corrected chi connectivity index (χ1v) is 9.13. The summed E-state index contributed by atoms with van der Waals surface area (Å²) in [5.74, 6) is -1.26. The third kappa shape index (κ3) is 5.19. The van der Waals surface area contributed by atoms with E-state index in [1.54, 1.807) is 23.7 Å². The van der Waals surface area contributed by atoms with E-state index in [1.807, 2.05) is 0 Å². The number of carbonyl (C=O) groups excluding carboxylic acids is 2. The quantitative estimate of drug-likeness (QED) is 0.651. The maximum Gasteiger partial charge on any atom is 0.251 e. The van der Waals surface area contributed by atoms with Crippen LogP contribution in [-0.4, -0.2) is 46.8 Å². The summed E-state index contributed by atoms with van der Waals surface area (Å²) in [4.78, 5) is 28.2. The highest BCUT2D eigenvalue weighted by Crippen LogP contribution is 2.18. The van der Waals surface area contributed by atoms with Crippen LogP contribution in [0.3, 0.4) is 0 Å². The molecule has 142 valence electrons. The van der Waals surface area contributed by atoms with Crippen LogP contribution in [0.15, 0.2) is 48.0 Å². The van der Waals surface area contributed by atoms with E-state index >= 15 is 0 Å². The molecule has 9 heteroatoms. The van der Waals surface area contributed by atoms with Crippen molar-refractivity contribution >= 4 is 28.3 Å². The molecule has 3 atom stereocenters. The minimum atomic E-state index is -0.717. The van der Waals surface area contributed by atoms with Gasteiger partial charge in [0.05, 0.1) is 25.2 Å². The van der Waals surface area contributed by atoms with E-state index < -0.39 is 30.0 Å². The number of halogens is 1. The Hall–Kier alpha value is -2.62. The number of aliphatic hydroxyl groups excluding tert-OH is 1. The Labute approximate surface area is 158 Å². The third-order valence-corrected chi connectivity index (χ3v) is 4.60. The zero-order chi connectivity index (χ0) is 19.2. The maximum absolute atomic E-state index is 13.3. The van der Waals surface area contributed by atoms with Gasteiger partial charge >= 0.3 is 0 Å². The molecule has 0 saturated heterocycles. The van der Waals surface area contributed by atoms with Gasteiger partial charge in [-0.2, -0.15) is 0 Å². The van der Waals surface area contributed by atoms with Crippen molar-refractivity contribution in [1.29, 1.82) is 0 Å². The summed E-state index contributed by atoms with van der Waals surface area (Å²) in [6, 6.07) is 4.72. The number of thiazole rings is 1. The number of anilines is 1. The van der Waals surface area contributed by atoms with Crippen molar-refractivity contribution in [3.8, 4) is 0 Å². The smallest absolute Gasteiger partial charge is 0.251 e. The molecular weight excluding hydrogens is 373 g/mol. The standard InChI is InChI=1S/C18H18FN3O4S/c19-12-3-1-2-11(8-12)17(25)21-14-5-4-13(26-15(14)10-23)9-16(24)22-18-20-6-7-27-18/h1-8,13-15,23H,9-10H2,(H,21,25)(H,20,22,24)/t13-,14+,15-/m0/s1. The lowest BCUT2D eigenvalue weighted by Crippen LogP contribution is -2.48. The summed E-state index contributed by atoms with van der Waals surface area (Å²) in [5.41, 5.74) is 0.171. The zero-order valence-corrected chi connectivity index (χ0v) is 15.0. The van der Waals surface area contributed by atoms with Gasteiger partial charge in [0.15, 0.2) is 5.13 Å². The van der Waals surface area contributed by atoms with Crippen LogP contribution in [0.1, 0.15) is 16.8 Å². The average molecular weight is 391 g/mol. The van der Waals surface area contributed by atoms with E-state index in [0.29, 0.717) is 5.13 Å². The first-order chi connectivity index (χ1) is 13.0. The van der Waals surface area contributed by atoms with Crippen LogP contribution < -0.4 is 10.6 Å². The Morgan fingerprint density at radius 3 is 2.89 bits per heavy atom. The number of carbonyl (C=O) groups is 2.